The third-order valence-corrected chi connectivity index (χ3v) is 6.22. The van der Waals surface area contributed by atoms with E-state index in [9.17, 15) is 14.7 Å². The number of benzene rings is 2. The Kier molecular flexibility index (Phi) is 7.54. The molecule has 0 atom stereocenters. The van der Waals surface area contributed by atoms with Crippen LogP contribution in [0.2, 0.25) is 0 Å². The molecule has 2 aromatic carbocycles. The molecular formula is C26H30N2O8. The lowest BCUT2D eigenvalue weighted by atomic mass is 10.0. The van der Waals surface area contributed by atoms with E-state index < -0.39 is 0 Å². The van der Waals surface area contributed by atoms with Crippen molar-refractivity contribution in [3.8, 4) is 28.7 Å². The molecule has 4 rings (SSSR count). The molecular weight excluding hydrogens is 468 g/mol. The van der Waals surface area contributed by atoms with E-state index in [0.29, 0.717) is 79.0 Å². The van der Waals surface area contributed by atoms with Crippen LogP contribution >= 0.6 is 0 Å². The molecule has 0 unspecified atom stereocenters. The van der Waals surface area contributed by atoms with E-state index in [1.807, 2.05) is 0 Å². The number of phenolic OH excluding ortho intramolecular Hbond substituents is 1. The van der Waals surface area contributed by atoms with Gasteiger partial charge in [-0.1, -0.05) is 0 Å². The Morgan fingerprint density at radius 1 is 1.03 bits per heavy atom. The van der Waals surface area contributed by atoms with Gasteiger partial charge in [0.1, 0.15) is 17.2 Å². The summed E-state index contributed by atoms with van der Waals surface area (Å²) < 4.78 is 27.2. The molecule has 1 fully saturated rings. The SMILES string of the molecule is CCOC(=O)N1CCN(Cc2c(O)ccc3c2O/C(=C/c2cc(OC)c(OC)cc2OC)C3=O)CC1. The number of amides is 1. The molecule has 0 spiro atoms. The Balaban J connectivity index is 1.57. The standard InChI is InChI=1S/C26H30N2O8/c1-5-35-26(31)28-10-8-27(9-11-28)15-18-19(29)7-6-17-24(30)23(36-25(17)18)13-16-12-21(33-3)22(34-4)14-20(16)32-2/h6-7,12-14,29H,5,8-11,15H2,1-4H3/b23-13+. The van der Waals surface area contributed by atoms with Crippen molar-refractivity contribution < 1.29 is 38.4 Å². The summed E-state index contributed by atoms with van der Waals surface area (Å²) in [6, 6.07) is 6.43. The third-order valence-electron chi connectivity index (χ3n) is 6.22. The first-order chi connectivity index (χ1) is 17.4. The number of ether oxygens (including phenoxy) is 5. The van der Waals surface area contributed by atoms with Crippen LogP contribution in [0, 0.1) is 0 Å². The average Bonchev–Trinajstić information content (AvgIpc) is 3.21. The van der Waals surface area contributed by atoms with Crippen molar-refractivity contribution in [2.45, 2.75) is 13.5 Å². The van der Waals surface area contributed by atoms with E-state index in [4.69, 9.17) is 23.7 Å². The van der Waals surface area contributed by atoms with Crippen LogP contribution < -0.4 is 18.9 Å². The summed E-state index contributed by atoms with van der Waals surface area (Å²) in [6.45, 7) is 4.70. The molecule has 2 aliphatic rings. The number of carbonyl (C=O) groups excluding carboxylic acids is 2. The highest BCUT2D eigenvalue weighted by atomic mass is 16.6. The first kappa shape index (κ1) is 25.2. The van der Waals surface area contributed by atoms with Crippen LogP contribution in [0.4, 0.5) is 4.79 Å². The normalized spacial score (nSPS) is 16.5. The summed E-state index contributed by atoms with van der Waals surface area (Å²) in [5.74, 6) is 1.64. The lowest BCUT2D eigenvalue weighted by Crippen LogP contribution is -2.48. The van der Waals surface area contributed by atoms with Gasteiger partial charge in [-0.3, -0.25) is 9.69 Å². The molecule has 0 saturated carbocycles. The molecule has 1 N–H and O–H groups in total. The number of allylic oxidation sites excluding steroid dienone is 1. The smallest absolute Gasteiger partial charge is 0.409 e. The number of phenols is 1. The Morgan fingerprint density at radius 2 is 1.69 bits per heavy atom. The first-order valence-corrected chi connectivity index (χ1v) is 11.6. The van der Waals surface area contributed by atoms with Gasteiger partial charge >= 0.3 is 6.09 Å². The zero-order valence-electron chi connectivity index (χ0n) is 20.8. The van der Waals surface area contributed by atoms with Crippen molar-refractivity contribution in [2.75, 3.05) is 54.1 Å². The molecule has 0 aliphatic carbocycles. The molecule has 192 valence electrons. The fraction of sp³-hybridized carbons (Fsp3) is 0.385. The van der Waals surface area contributed by atoms with Crippen molar-refractivity contribution in [2.24, 2.45) is 0 Å². The van der Waals surface area contributed by atoms with Crippen LogP contribution in [0.1, 0.15) is 28.4 Å². The van der Waals surface area contributed by atoms with Gasteiger partial charge in [0.2, 0.25) is 5.78 Å². The minimum absolute atomic E-state index is 0.0410. The maximum absolute atomic E-state index is 13.2. The van der Waals surface area contributed by atoms with Gasteiger partial charge in [0, 0.05) is 44.4 Å². The molecule has 0 bridgehead atoms. The van der Waals surface area contributed by atoms with Gasteiger partial charge in [0.25, 0.3) is 0 Å². The minimum Gasteiger partial charge on any atom is -0.507 e. The maximum atomic E-state index is 13.2. The van der Waals surface area contributed by atoms with E-state index in [1.165, 1.54) is 27.4 Å². The fourth-order valence-corrected chi connectivity index (χ4v) is 4.28. The lowest BCUT2D eigenvalue weighted by molar-refractivity contribution is 0.0774. The zero-order valence-corrected chi connectivity index (χ0v) is 20.8. The Bertz CT molecular complexity index is 1180. The number of rotatable bonds is 7. The Labute approximate surface area is 209 Å². The molecule has 2 aliphatic heterocycles. The van der Waals surface area contributed by atoms with E-state index >= 15 is 0 Å². The number of ketones is 1. The summed E-state index contributed by atoms with van der Waals surface area (Å²) in [4.78, 5) is 28.9. The number of methoxy groups -OCH3 is 3. The second-order valence-corrected chi connectivity index (χ2v) is 8.29. The first-order valence-electron chi connectivity index (χ1n) is 11.6. The number of carbonyl (C=O) groups is 2. The molecule has 1 amide bonds. The number of piperazine rings is 1. The van der Waals surface area contributed by atoms with Crippen LogP contribution in [0.15, 0.2) is 30.0 Å². The van der Waals surface area contributed by atoms with Crippen LogP contribution in [0.5, 0.6) is 28.7 Å². The molecule has 10 heteroatoms. The monoisotopic (exact) mass is 498 g/mol. The second-order valence-electron chi connectivity index (χ2n) is 8.29. The van der Waals surface area contributed by atoms with Crippen LogP contribution in [-0.2, 0) is 11.3 Å². The highest BCUT2D eigenvalue weighted by Crippen LogP contribution is 2.42. The maximum Gasteiger partial charge on any atom is 0.409 e. The van der Waals surface area contributed by atoms with Crippen molar-refractivity contribution in [1.29, 1.82) is 0 Å². The van der Waals surface area contributed by atoms with Crippen LogP contribution in [-0.4, -0.2) is 80.9 Å². The fourth-order valence-electron chi connectivity index (χ4n) is 4.28. The van der Waals surface area contributed by atoms with Gasteiger partial charge in [0.15, 0.2) is 17.3 Å². The van der Waals surface area contributed by atoms with E-state index in [1.54, 1.807) is 36.1 Å². The number of nitrogens with zero attached hydrogens (tertiary/aromatic N) is 2. The van der Waals surface area contributed by atoms with E-state index in [2.05, 4.69) is 4.90 Å². The summed E-state index contributed by atoms with van der Waals surface area (Å²) in [7, 11) is 4.57. The van der Waals surface area contributed by atoms with Gasteiger partial charge in [0.05, 0.1) is 39.1 Å². The largest absolute Gasteiger partial charge is 0.507 e. The number of Topliss-reactive ketones (excluding diaryl/α,β-unsaturated/α-hetero) is 1. The average molecular weight is 499 g/mol. The molecule has 2 aromatic rings. The lowest BCUT2D eigenvalue weighted by Gasteiger charge is -2.34. The van der Waals surface area contributed by atoms with Gasteiger partial charge < -0.3 is 33.7 Å². The van der Waals surface area contributed by atoms with E-state index in [-0.39, 0.29) is 23.4 Å². The topological polar surface area (TPSA) is 107 Å². The molecule has 36 heavy (non-hydrogen) atoms. The van der Waals surface area contributed by atoms with Gasteiger partial charge in [-0.2, -0.15) is 0 Å². The quantitative estimate of drug-likeness (QED) is 0.576. The summed E-state index contributed by atoms with van der Waals surface area (Å²) in [5.41, 5.74) is 1.47. The summed E-state index contributed by atoms with van der Waals surface area (Å²) in [5, 5.41) is 10.6. The van der Waals surface area contributed by atoms with Gasteiger partial charge in [-0.25, -0.2) is 4.79 Å². The Morgan fingerprint density at radius 3 is 2.33 bits per heavy atom. The highest BCUT2D eigenvalue weighted by Gasteiger charge is 2.33. The number of fused-ring (bicyclic) bond motifs is 1. The number of hydrogen-bond donors (Lipinski definition) is 1. The Hall–Kier alpha value is -3.92. The minimum atomic E-state index is -0.324. The van der Waals surface area contributed by atoms with Crippen molar-refractivity contribution >= 4 is 18.0 Å². The van der Waals surface area contributed by atoms with Gasteiger partial charge in [-0.05, 0) is 31.2 Å². The number of aromatic hydroxyl groups is 1. The number of hydrogen-bond acceptors (Lipinski definition) is 9. The molecule has 0 aromatic heterocycles. The molecule has 0 radical (unpaired) electrons. The van der Waals surface area contributed by atoms with E-state index in [0.717, 1.165) is 0 Å². The van der Waals surface area contributed by atoms with Gasteiger partial charge in [-0.15, -0.1) is 0 Å². The molecule has 2 heterocycles. The van der Waals surface area contributed by atoms with Crippen LogP contribution in [0.25, 0.3) is 6.08 Å². The zero-order chi connectivity index (χ0) is 25.8. The van der Waals surface area contributed by atoms with Crippen molar-refractivity contribution in [3.63, 3.8) is 0 Å². The van der Waals surface area contributed by atoms with Crippen molar-refractivity contribution in [1.82, 2.24) is 9.80 Å². The predicted octanol–water partition coefficient (Wildman–Crippen LogP) is 3.31. The van der Waals surface area contributed by atoms with Crippen LogP contribution in [0.3, 0.4) is 0 Å². The molecule has 10 nitrogen and oxygen atoms in total. The second kappa shape index (κ2) is 10.8. The molecule has 1 saturated heterocycles. The summed E-state index contributed by atoms with van der Waals surface area (Å²) >= 11 is 0. The third kappa shape index (κ3) is 4.90. The van der Waals surface area contributed by atoms with Crippen molar-refractivity contribution in [3.05, 3.63) is 46.7 Å². The predicted molar refractivity (Wildman–Crippen MR) is 131 cm³/mol. The highest BCUT2D eigenvalue weighted by molar-refractivity contribution is 6.15. The summed E-state index contributed by atoms with van der Waals surface area (Å²) in [6.07, 6.45) is 1.26.